The first-order valence-electron chi connectivity index (χ1n) is 4.99. The van der Waals surface area contributed by atoms with E-state index < -0.39 is 15.8 Å². The highest BCUT2D eigenvalue weighted by atomic mass is 79.9. The number of hydrogen-bond donors (Lipinski definition) is 2. The quantitative estimate of drug-likeness (QED) is 0.818. The van der Waals surface area contributed by atoms with Crippen LogP contribution < -0.4 is 10.5 Å². The van der Waals surface area contributed by atoms with E-state index in [2.05, 4.69) is 25.6 Å². The molecule has 2 rings (SSSR count). The lowest BCUT2D eigenvalue weighted by Crippen LogP contribution is -2.14. The lowest BCUT2D eigenvalue weighted by Gasteiger charge is -2.08. The maximum atomic E-state index is 13.2. The maximum Gasteiger partial charge on any atom is 0.264 e. The van der Waals surface area contributed by atoms with E-state index in [1.807, 2.05) is 0 Å². The zero-order valence-electron chi connectivity index (χ0n) is 9.65. The van der Waals surface area contributed by atoms with E-state index in [4.69, 9.17) is 5.73 Å². The van der Waals surface area contributed by atoms with Gasteiger partial charge in [-0.3, -0.25) is 4.72 Å². The van der Waals surface area contributed by atoms with Gasteiger partial charge in [0.1, 0.15) is 10.7 Å². The summed E-state index contributed by atoms with van der Waals surface area (Å²) in [5, 5.41) is 0.243. The SMILES string of the molecule is Cc1cnc(NS(=O)(=O)c2cc(N)c(F)cc2Br)s1. The van der Waals surface area contributed by atoms with Crippen LogP contribution in [0.25, 0.3) is 0 Å². The van der Waals surface area contributed by atoms with Gasteiger partial charge in [0.2, 0.25) is 0 Å². The third-order valence-electron chi connectivity index (χ3n) is 2.18. The fourth-order valence-electron chi connectivity index (χ4n) is 1.32. The molecule has 0 amide bonds. The summed E-state index contributed by atoms with van der Waals surface area (Å²) in [6.45, 7) is 1.81. The number of nitrogens with two attached hydrogens (primary N) is 1. The molecule has 102 valence electrons. The van der Waals surface area contributed by atoms with Crippen LogP contribution in [0.3, 0.4) is 0 Å². The van der Waals surface area contributed by atoms with E-state index in [1.54, 1.807) is 13.1 Å². The molecule has 0 spiro atoms. The molecule has 0 saturated carbocycles. The van der Waals surface area contributed by atoms with Crippen molar-refractivity contribution in [2.24, 2.45) is 0 Å². The number of benzene rings is 1. The van der Waals surface area contributed by atoms with Crippen molar-refractivity contribution in [1.82, 2.24) is 4.98 Å². The summed E-state index contributed by atoms with van der Waals surface area (Å²) in [6, 6.07) is 2.07. The van der Waals surface area contributed by atoms with Gasteiger partial charge in [-0.05, 0) is 35.0 Å². The molecule has 0 radical (unpaired) electrons. The van der Waals surface area contributed by atoms with Gasteiger partial charge in [0.25, 0.3) is 10.0 Å². The molecule has 0 aliphatic rings. The number of thiazole rings is 1. The number of nitrogens with one attached hydrogen (secondary N) is 1. The fourth-order valence-corrected chi connectivity index (χ4v) is 4.28. The Hall–Kier alpha value is -1.19. The smallest absolute Gasteiger partial charge is 0.264 e. The largest absolute Gasteiger partial charge is 0.396 e. The van der Waals surface area contributed by atoms with Gasteiger partial charge in [-0.25, -0.2) is 17.8 Å². The number of rotatable bonds is 3. The van der Waals surface area contributed by atoms with E-state index in [0.29, 0.717) is 0 Å². The summed E-state index contributed by atoms with van der Waals surface area (Å²) in [7, 11) is -3.87. The Bertz CT molecular complexity index is 730. The number of halogens is 2. The molecule has 19 heavy (non-hydrogen) atoms. The van der Waals surface area contributed by atoms with E-state index >= 15 is 0 Å². The van der Waals surface area contributed by atoms with Gasteiger partial charge in [-0.1, -0.05) is 0 Å². The van der Waals surface area contributed by atoms with Crippen LogP contribution in [0, 0.1) is 12.7 Å². The third kappa shape index (κ3) is 3.04. The molecular weight excluding hydrogens is 357 g/mol. The lowest BCUT2D eigenvalue weighted by atomic mass is 10.3. The zero-order valence-corrected chi connectivity index (χ0v) is 12.9. The second-order valence-corrected chi connectivity index (χ2v) is 7.43. The number of aryl methyl sites for hydroxylation is 1. The molecule has 0 saturated heterocycles. The summed E-state index contributed by atoms with van der Waals surface area (Å²) in [6.07, 6.45) is 1.55. The number of anilines is 2. The first kappa shape index (κ1) is 14.2. The second kappa shape index (κ2) is 5.06. The van der Waals surface area contributed by atoms with Crippen LogP contribution in [0.4, 0.5) is 15.2 Å². The Kier molecular flexibility index (Phi) is 3.79. The van der Waals surface area contributed by atoms with Crippen LogP contribution in [-0.4, -0.2) is 13.4 Å². The van der Waals surface area contributed by atoms with Crippen molar-refractivity contribution in [2.45, 2.75) is 11.8 Å². The Morgan fingerprint density at radius 2 is 2.16 bits per heavy atom. The summed E-state index contributed by atoms with van der Waals surface area (Å²) in [5.41, 5.74) is 5.15. The van der Waals surface area contributed by atoms with Crippen molar-refractivity contribution < 1.29 is 12.8 Å². The average Bonchev–Trinajstić information content (AvgIpc) is 2.68. The van der Waals surface area contributed by atoms with Gasteiger partial charge >= 0.3 is 0 Å². The molecule has 3 N–H and O–H groups in total. The molecule has 1 heterocycles. The molecule has 0 aliphatic heterocycles. The van der Waals surface area contributed by atoms with Crippen molar-refractivity contribution in [2.75, 3.05) is 10.5 Å². The second-order valence-electron chi connectivity index (χ2n) is 3.69. The summed E-state index contributed by atoms with van der Waals surface area (Å²) < 4.78 is 39.9. The fraction of sp³-hybridized carbons (Fsp3) is 0.100. The molecule has 1 aromatic carbocycles. The molecule has 0 unspecified atom stereocenters. The highest BCUT2D eigenvalue weighted by Gasteiger charge is 2.21. The van der Waals surface area contributed by atoms with E-state index in [1.165, 1.54) is 11.3 Å². The number of aromatic nitrogens is 1. The van der Waals surface area contributed by atoms with Gasteiger partial charge in [0.15, 0.2) is 5.13 Å². The highest BCUT2D eigenvalue weighted by Crippen LogP contribution is 2.29. The van der Waals surface area contributed by atoms with Crippen molar-refractivity contribution in [3.63, 3.8) is 0 Å². The van der Waals surface area contributed by atoms with Gasteiger partial charge in [0, 0.05) is 15.5 Å². The zero-order chi connectivity index (χ0) is 14.2. The van der Waals surface area contributed by atoms with Gasteiger partial charge in [0.05, 0.1) is 5.69 Å². The minimum atomic E-state index is -3.87. The predicted octanol–water partition coefficient (Wildman–Crippen LogP) is 2.74. The van der Waals surface area contributed by atoms with Crippen LogP contribution in [0.1, 0.15) is 4.88 Å². The molecule has 0 fully saturated rings. The normalized spacial score (nSPS) is 11.5. The van der Waals surface area contributed by atoms with E-state index in [-0.39, 0.29) is 20.2 Å². The Labute approximate surface area is 121 Å². The molecule has 0 bridgehead atoms. The van der Waals surface area contributed by atoms with Crippen molar-refractivity contribution >= 4 is 48.1 Å². The van der Waals surface area contributed by atoms with Crippen LogP contribution in [0.5, 0.6) is 0 Å². The molecule has 0 atom stereocenters. The standard InChI is InChI=1S/C10H9BrFN3O2S2/c1-5-4-14-10(18-5)15-19(16,17)9-3-8(13)7(12)2-6(9)11/h2-4H,13H2,1H3,(H,14,15). The Balaban J connectivity index is 2.42. The molecule has 2 aromatic rings. The number of sulfonamides is 1. The lowest BCUT2D eigenvalue weighted by molar-refractivity contribution is 0.599. The van der Waals surface area contributed by atoms with E-state index in [9.17, 15) is 12.8 Å². The van der Waals surface area contributed by atoms with Crippen LogP contribution in [0.2, 0.25) is 0 Å². The minimum absolute atomic E-state index is 0.0972. The predicted molar refractivity (Wildman–Crippen MR) is 76.2 cm³/mol. The van der Waals surface area contributed by atoms with Gasteiger partial charge < -0.3 is 5.73 Å². The number of hydrogen-bond acceptors (Lipinski definition) is 5. The monoisotopic (exact) mass is 365 g/mol. The minimum Gasteiger partial charge on any atom is -0.396 e. The summed E-state index contributed by atoms with van der Waals surface area (Å²) >= 11 is 4.20. The van der Waals surface area contributed by atoms with Crippen LogP contribution >= 0.6 is 27.3 Å². The third-order valence-corrected chi connectivity index (χ3v) is 5.44. The summed E-state index contributed by atoms with van der Waals surface area (Å²) in [4.78, 5) is 4.63. The Morgan fingerprint density at radius 1 is 1.47 bits per heavy atom. The molecule has 1 aromatic heterocycles. The van der Waals surface area contributed by atoms with Crippen molar-refractivity contribution in [1.29, 1.82) is 0 Å². The first-order chi connectivity index (χ1) is 8.79. The Morgan fingerprint density at radius 3 is 2.74 bits per heavy atom. The van der Waals surface area contributed by atoms with Crippen molar-refractivity contribution in [3.05, 3.63) is 33.5 Å². The highest BCUT2D eigenvalue weighted by molar-refractivity contribution is 9.10. The number of nitrogen functional groups attached to an aromatic ring is 1. The molecule has 9 heteroatoms. The topological polar surface area (TPSA) is 85.1 Å². The van der Waals surface area contributed by atoms with Gasteiger partial charge in [-0.2, -0.15) is 0 Å². The average molecular weight is 366 g/mol. The summed E-state index contributed by atoms with van der Waals surface area (Å²) in [5.74, 6) is -0.684. The molecule has 5 nitrogen and oxygen atoms in total. The molecule has 0 aliphatic carbocycles. The van der Waals surface area contributed by atoms with Crippen LogP contribution in [0.15, 0.2) is 27.7 Å². The van der Waals surface area contributed by atoms with E-state index in [0.717, 1.165) is 17.0 Å². The van der Waals surface area contributed by atoms with Crippen LogP contribution in [-0.2, 0) is 10.0 Å². The maximum absolute atomic E-state index is 13.2. The number of nitrogens with zero attached hydrogens (tertiary/aromatic N) is 1. The van der Waals surface area contributed by atoms with Crippen molar-refractivity contribution in [3.8, 4) is 0 Å². The molecular formula is C10H9BrFN3O2S2. The first-order valence-corrected chi connectivity index (χ1v) is 8.08. The van der Waals surface area contributed by atoms with Gasteiger partial charge in [-0.15, -0.1) is 11.3 Å².